The van der Waals surface area contributed by atoms with E-state index in [0.717, 1.165) is 0 Å². The summed E-state index contributed by atoms with van der Waals surface area (Å²) < 4.78 is 0. The summed E-state index contributed by atoms with van der Waals surface area (Å²) in [7, 11) is 0. The van der Waals surface area contributed by atoms with Gasteiger partial charge in [-0.3, -0.25) is 20.9 Å². The zero-order chi connectivity index (χ0) is 11.7. The molecule has 0 aliphatic heterocycles. The Morgan fingerprint density at radius 2 is 2.13 bits per heavy atom. The molecule has 0 aromatic carbocycles. The van der Waals surface area contributed by atoms with E-state index in [2.05, 4.69) is 21.1 Å². The second-order valence-corrected chi connectivity index (χ2v) is 2.72. The lowest BCUT2D eigenvalue weighted by Gasteiger charge is -2.07. The number of hydrazine groups is 1. The summed E-state index contributed by atoms with van der Waals surface area (Å²) in [5.41, 5.74) is 2.27. The Bertz CT molecular complexity index is 274. The Hall–Kier alpha value is -1.89. The Labute approximate surface area is 87.8 Å². The number of amides is 3. The quantitative estimate of drug-likeness (QED) is 0.279. The van der Waals surface area contributed by atoms with Gasteiger partial charge in [0.25, 0.3) is 0 Å². The van der Waals surface area contributed by atoms with Crippen LogP contribution in [0.5, 0.6) is 0 Å². The predicted octanol–water partition coefficient (Wildman–Crippen LogP) is -0.774. The molecule has 7 nitrogen and oxygen atoms in total. The Morgan fingerprint density at radius 1 is 1.47 bits per heavy atom. The minimum Gasteiger partial charge on any atom is -0.330 e. The van der Waals surface area contributed by atoms with Gasteiger partial charge < -0.3 is 10.7 Å². The molecule has 5 N–H and O–H groups in total. The summed E-state index contributed by atoms with van der Waals surface area (Å²) in [6.45, 7) is 2.97. The molecule has 1 unspecified atom stereocenters. The lowest BCUT2D eigenvalue weighted by atomic mass is 10.4. The monoisotopic (exact) mass is 213 g/mol. The molecule has 0 saturated heterocycles. The molecule has 1 atom stereocenters. The molecular weight excluding hydrogens is 198 g/mol. The number of nitrogens with two attached hydrogens (primary N) is 1. The highest BCUT2D eigenvalue weighted by Gasteiger charge is 2.04. The summed E-state index contributed by atoms with van der Waals surface area (Å²) in [4.78, 5) is 25.3. The van der Waals surface area contributed by atoms with Gasteiger partial charge >= 0.3 is 6.03 Å². The van der Waals surface area contributed by atoms with Gasteiger partial charge in [-0.1, -0.05) is 0 Å². The highest BCUT2D eigenvalue weighted by molar-refractivity contribution is 5.94. The van der Waals surface area contributed by atoms with Crippen LogP contribution in [-0.4, -0.2) is 24.2 Å². The number of carbonyl (C=O) groups is 2. The summed E-state index contributed by atoms with van der Waals surface area (Å²) in [5.74, 6) is 4.54. The zero-order valence-corrected chi connectivity index (χ0v) is 8.65. The average Bonchev–Trinajstić information content (AvgIpc) is 2.10. The van der Waals surface area contributed by atoms with Gasteiger partial charge in [0.15, 0.2) is 0 Å². The smallest absolute Gasteiger partial charge is 0.321 e. The van der Waals surface area contributed by atoms with E-state index in [0.29, 0.717) is 0 Å². The fourth-order valence-corrected chi connectivity index (χ4v) is 0.705. The van der Waals surface area contributed by atoms with E-state index in [1.165, 1.54) is 25.5 Å². The van der Waals surface area contributed by atoms with Crippen molar-refractivity contribution in [3.8, 4) is 0 Å². The van der Waals surface area contributed by atoms with E-state index < -0.39 is 11.9 Å². The normalized spacial score (nSPS) is 12.7. The van der Waals surface area contributed by atoms with Crippen LogP contribution in [-0.2, 0) is 4.79 Å². The van der Waals surface area contributed by atoms with Gasteiger partial charge in [-0.2, -0.15) is 0 Å². The van der Waals surface area contributed by atoms with Gasteiger partial charge in [0.1, 0.15) is 0 Å². The molecule has 84 valence electrons. The molecule has 0 aromatic rings. The van der Waals surface area contributed by atoms with Crippen LogP contribution in [0.25, 0.3) is 0 Å². The molecule has 0 aliphatic carbocycles. The lowest BCUT2D eigenvalue weighted by molar-refractivity contribution is -0.117. The van der Waals surface area contributed by atoms with Crippen molar-refractivity contribution < 1.29 is 9.59 Å². The number of hydrogen-bond acceptors (Lipinski definition) is 5. The van der Waals surface area contributed by atoms with Crippen LogP contribution >= 0.6 is 0 Å². The fraction of sp³-hybridized carbons (Fsp3) is 0.375. The summed E-state index contributed by atoms with van der Waals surface area (Å²) in [5, 5.41) is 4.56. The molecule has 7 heteroatoms. The number of imide groups is 1. The molecule has 0 spiro atoms. The number of nitrogens with one attached hydrogen (secondary N) is 3. The Kier molecular flexibility index (Phi) is 6.56. The third kappa shape index (κ3) is 8.44. The molecule has 0 heterocycles. The van der Waals surface area contributed by atoms with E-state index in [1.54, 1.807) is 6.92 Å². The third-order valence-corrected chi connectivity index (χ3v) is 1.21. The van der Waals surface area contributed by atoms with Crippen molar-refractivity contribution in [3.05, 3.63) is 12.4 Å². The van der Waals surface area contributed by atoms with Gasteiger partial charge in [-0.05, 0) is 6.92 Å². The van der Waals surface area contributed by atoms with Crippen molar-refractivity contribution in [2.75, 3.05) is 0 Å². The number of carbonyl (C=O) groups excluding carboxylic acids is 2. The number of aliphatic imine (C=N–C) groups is 1. The van der Waals surface area contributed by atoms with Gasteiger partial charge in [-0.25, -0.2) is 4.79 Å². The second-order valence-electron chi connectivity index (χ2n) is 2.72. The second kappa shape index (κ2) is 7.51. The molecule has 15 heavy (non-hydrogen) atoms. The van der Waals surface area contributed by atoms with Crippen LogP contribution in [0.4, 0.5) is 4.79 Å². The molecule has 0 rings (SSSR count). The van der Waals surface area contributed by atoms with Crippen LogP contribution in [0.15, 0.2) is 17.4 Å². The summed E-state index contributed by atoms with van der Waals surface area (Å²) >= 11 is 0. The van der Waals surface area contributed by atoms with E-state index in [4.69, 9.17) is 5.84 Å². The van der Waals surface area contributed by atoms with Crippen molar-refractivity contribution >= 4 is 18.2 Å². The van der Waals surface area contributed by atoms with E-state index in [1.807, 2.05) is 0 Å². The Balaban J connectivity index is 3.87. The molecule has 0 fully saturated rings. The highest BCUT2D eigenvalue weighted by Crippen LogP contribution is 1.78. The molecule has 0 saturated carbocycles. The molecule has 0 bridgehead atoms. The average molecular weight is 213 g/mol. The van der Waals surface area contributed by atoms with E-state index in [-0.39, 0.29) is 6.04 Å². The first-order valence-electron chi connectivity index (χ1n) is 4.28. The SMILES string of the molecule is CC(=O)NC(=O)NC(C)C=N/C=C\NN. The number of urea groups is 1. The van der Waals surface area contributed by atoms with Gasteiger partial charge in [0, 0.05) is 25.5 Å². The first-order valence-corrected chi connectivity index (χ1v) is 4.28. The number of hydrogen-bond donors (Lipinski definition) is 4. The maximum Gasteiger partial charge on any atom is 0.321 e. The van der Waals surface area contributed by atoms with Crippen molar-refractivity contribution in [3.63, 3.8) is 0 Å². The zero-order valence-electron chi connectivity index (χ0n) is 8.65. The lowest BCUT2D eigenvalue weighted by Crippen LogP contribution is -2.43. The predicted molar refractivity (Wildman–Crippen MR) is 56.8 cm³/mol. The minimum absolute atomic E-state index is 0.285. The number of rotatable bonds is 4. The van der Waals surface area contributed by atoms with Crippen molar-refractivity contribution in [1.29, 1.82) is 0 Å². The van der Waals surface area contributed by atoms with Crippen LogP contribution in [0, 0.1) is 0 Å². The topological polar surface area (TPSA) is 109 Å². The summed E-state index contributed by atoms with van der Waals surface area (Å²) in [6, 6.07) is -0.839. The first kappa shape index (κ1) is 13.1. The largest absolute Gasteiger partial charge is 0.330 e. The van der Waals surface area contributed by atoms with Gasteiger partial charge in [-0.15, -0.1) is 0 Å². The van der Waals surface area contributed by atoms with E-state index >= 15 is 0 Å². The van der Waals surface area contributed by atoms with E-state index in [9.17, 15) is 9.59 Å². The maximum atomic E-state index is 11.0. The van der Waals surface area contributed by atoms with Gasteiger partial charge in [0.05, 0.1) is 6.04 Å². The van der Waals surface area contributed by atoms with Crippen molar-refractivity contribution in [1.82, 2.24) is 16.1 Å². The Morgan fingerprint density at radius 3 is 2.67 bits per heavy atom. The van der Waals surface area contributed by atoms with Crippen LogP contribution in [0.2, 0.25) is 0 Å². The first-order chi connectivity index (χ1) is 7.06. The van der Waals surface area contributed by atoms with Crippen molar-refractivity contribution in [2.24, 2.45) is 10.8 Å². The van der Waals surface area contributed by atoms with Crippen LogP contribution < -0.4 is 21.9 Å². The minimum atomic E-state index is -0.553. The van der Waals surface area contributed by atoms with Gasteiger partial charge in [0.2, 0.25) is 5.91 Å². The molecule has 0 aliphatic rings. The third-order valence-electron chi connectivity index (χ3n) is 1.21. The summed E-state index contributed by atoms with van der Waals surface area (Å²) in [6.07, 6.45) is 4.35. The van der Waals surface area contributed by atoms with Crippen molar-refractivity contribution in [2.45, 2.75) is 19.9 Å². The standard InChI is InChI=1S/C8H15N5O2/c1-6(5-10-3-4-11-9)12-8(15)13-7(2)14/h3-6,11H,9H2,1-2H3,(H2,12,13,14,15)/b4-3-,10-5?. The van der Waals surface area contributed by atoms with Crippen LogP contribution in [0.3, 0.4) is 0 Å². The molecule has 0 aromatic heterocycles. The molecule has 0 radical (unpaired) electrons. The highest BCUT2D eigenvalue weighted by atomic mass is 16.2. The fourth-order valence-electron chi connectivity index (χ4n) is 0.705. The molecule has 3 amide bonds. The van der Waals surface area contributed by atoms with Crippen LogP contribution in [0.1, 0.15) is 13.8 Å². The maximum absolute atomic E-state index is 11.0. The number of nitrogens with zero attached hydrogens (tertiary/aromatic N) is 1. The molecular formula is C8H15N5O2.